The van der Waals surface area contributed by atoms with Crippen molar-refractivity contribution in [2.24, 2.45) is 0 Å². The molecule has 0 aliphatic rings. The number of aryl methyl sites for hydroxylation is 1. The maximum atomic E-state index is 11.8. The molecule has 0 fully saturated rings. The molecule has 6 N–H and O–H groups in total. The minimum absolute atomic E-state index is 0.152. The van der Waals surface area contributed by atoms with Gasteiger partial charge < -0.3 is 30.5 Å². The number of nitrogens with zero attached hydrogens (tertiary/aromatic N) is 1. The second-order valence-corrected chi connectivity index (χ2v) is 5.92. The maximum absolute atomic E-state index is 11.8. The molecule has 0 aliphatic carbocycles. The number of nitrogens with one attached hydrogen (secondary N) is 1. The van der Waals surface area contributed by atoms with E-state index >= 15 is 0 Å². The molecule has 0 saturated carbocycles. The lowest BCUT2D eigenvalue weighted by molar-refractivity contribution is -0.0755. The Morgan fingerprint density at radius 1 is 1.24 bits per heavy atom. The predicted octanol–water partition coefficient (Wildman–Crippen LogP) is -1.14. The van der Waals surface area contributed by atoms with Gasteiger partial charge >= 0.3 is 5.97 Å². The summed E-state index contributed by atoms with van der Waals surface area (Å²) >= 11 is 0. The van der Waals surface area contributed by atoms with E-state index in [1.807, 2.05) is 0 Å². The quantitative estimate of drug-likeness (QED) is 0.379. The number of hydrogen-bond acceptors (Lipinski definition) is 7. The van der Waals surface area contributed by atoms with Crippen LogP contribution in [0.1, 0.15) is 27.2 Å². The monoisotopic (exact) mass is 352 g/mol. The highest BCUT2D eigenvalue weighted by Gasteiger charge is 2.26. The topological polar surface area (TPSA) is 164 Å². The fourth-order valence-corrected chi connectivity index (χ4v) is 2.63. The number of aromatic amines is 1. The largest absolute Gasteiger partial charge is 0.476 e. The third kappa shape index (κ3) is 3.69. The standard InChI is InChI=1S/C16H20N2O7/c1-6-3-9-12(18-13(16(24)25)15(23)17-9)8(7(6)2)4-10(20)14(22)11(21)5-19/h3,10-11,14,19-22H,4-5H2,1-2H3,(H,17,23)(H,24,25)/t10-,11+,14-/m0/s1. The van der Waals surface area contributed by atoms with Crippen molar-refractivity contribution >= 4 is 17.0 Å². The average molecular weight is 352 g/mol. The fourth-order valence-electron chi connectivity index (χ4n) is 2.63. The van der Waals surface area contributed by atoms with Gasteiger partial charge in [-0.25, -0.2) is 9.78 Å². The Morgan fingerprint density at radius 2 is 1.88 bits per heavy atom. The number of benzene rings is 1. The van der Waals surface area contributed by atoms with Crippen molar-refractivity contribution in [3.05, 3.63) is 38.8 Å². The molecule has 0 radical (unpaired) electrons. The van der Waals surface area contributed by atoms with E-state index in [0.29, 0.717) is 16.6 Å². The highest BCUT2D eigenvalue weighted by atomic mass is 16.4. The Kier molecular flexibility index (Phi) is 5.53. The molecule has 1 aromatic carbocycles. The molecule has 1 aromatic heterocycles. The summed E-state index contributed by atoms with van der Waals surface area (Å²) in [7, 11) is 0. The molecule has 3 atom stereocenters. The van der Waals surface area contributed by atoms with Crippen LogP contribution in [-0.4, -0.2) is 66.4 Å². The van der Waals surface area contributed by atoms with E-state index in [4.69, 9.17) is 10.2 Å². The van der Waals surface area contributed by atoms with Gasteiger partial charge in [-0.15, -0.1) is 0 Å². The Labute approximate surface area is 142 Å². The molecule has 0 bridgehead atoms. The number of aromatic nitrogens is 2. The molecule has 25 heavy (non-hydrogen) atoms. The summed E-state index contributed by atoms with van der Waals surface area (Å²) in [4.78, 5) is 29.3. The second-order valence-electron chi connectivity index (χ2n) is 5.92. The summed E-state index contributed by atoms with van der Waals surface area (Å²) in [6.45, 7) is 2.78. The molecule has 0 amide bonds. The lowest BCUT2D eigenvalue weighted by Crippen LogP contribution is -2.40. The SMILES string of the molecule is Cc1cc2[nH]c(=O)c(C(=O)O)nc2c(C[C@H](O)[C@H](O)[C@H](O)CO)c1C. The molecule has 0 aliphatic heterocycles. The van der Waals surface area contributed by atoms with Crippen molar-refractivity contribution in [1.82, 2.24) is 9.97 Å². The van der Waals surface area contributed by atoms with E-state index in [1.54, 1.807) is 19.9 Å². The van der Waals surface area contributed by atoms with Crippen LogP contribution in [0.3, 0.4) is 0 Å². The van der Waals surface area contributed by atoms with Gasteiger partial charge in [-0.1, -0.05) is 0 Å². The average Bonchev–Trinajstić information content (AvgIpc) is 2.56. The maximum Gasteiger partial charge on any atom is 0.360 e. The van der Waals surface area contributed by atoms with Gasteiger partial charge in [-0.2, -0.15) is 0 Å². The number of rotatable bonds is 6. The van der Waals surface area contributed by atoms with E-state index < -0.39 is 42.1 Å². The minimum Gasteiger partial charge on any atom is -0.476 e. The van der Waals surface area contributed by atoms with Gasteiger partial charge in [0.05, 0.1) is 23.7 Å². The number of carboxylic acid groups (broad SMARTS) is 1. The van der Waals surface area contributed by atoms with E-state index in [9.17, 15) is 24.9 Å². The van der Waals surface area contributed by atoms with Gasteiger partial charge in [0, 0.05) is 6.42 Å². The third-order valence-corrected chi connectivity index (χ3v) is 4.22. The predicted molar refractivity (Wildman–Crippen MR) is 87.6 cm³/mol. The molecule has 9 nitrogen and oxygen atoms in total. The summed E-state index contributed by atoms with van der Waals surface area (Å²) in [6, 6.07) is 1.64. The van der Waals surface area contributed by atoms with Crippen molar-refractivity contribution in [1.29, 1.82) is 0 Å². The van der Waals surface area contributed by atoms with Crippen LogP contribution in [-0.2, 0) is 6.42 Å². The number of fused-ring (bicyclic) bond motifs is 1. The van der Waals surface area contributed by atoms with E-state index in [2.05, 4.69) is 9.97 Å². The van der Waals surface area contributed by atoms with Crippen molar-refractivity contribution in [3.63, 3.8) is 0 Å². The first-order chi connectivity index (χ1) is 11.7. The van der Waals surface area contributed by atoms with Crippen molar-refractivity contribution in [3.8, 4) is 0 Å². The number of aliphatic hydroxyl groups is 4. The molecule has 0 spiro atoms. The fraction of sp³-hybridized carbons (Fsp3) is 0.438. The van der Waals surface area contributed by atoms with Gasteiger partial charge in [0.1, 0.15) is 12.2 Å². The highest BCUT2D eigenvalue weighted by Crippen LogP contribution is 2.24. The van der Waals surface area contributed by atoms with E-state index in [0.717, 1.165) is 5.56 Å². The van der Waals surface area contributed by atoms with Gasteiger partial charge in [0.25, 0.3) is 5.56 Å². The van der Waals surface area contributed by atoms with Crippen LogP contribution in [0, 0.1) is 13.8 Å². The zero-order valence-electron chi connectivity index (χ0n) is 13.7. The number of hydrogen-bond donors (Lipinski definition) is 6. The van der Waals surface area contributed by atoms with Crippen LogP contribution in [0.2, 0.25) is 0 Å². The smallest absolute Gasteiger partial charge is 0.360 e. The van der Waals surface area contributed by atoms with Gasteiger partial charge in [-0.3, -0.25) is 4.79 Å². The van der Waals surface area contributed by atoms with Gasteiger partial charge in [-0.05, 0) is 36.6 Å². The van der Waals surface area contributed by atoms with Crippen molar-refractivity contribution < 1.29 is 30.3 Å². The second kappa shape index (κ2) is 7.28. The lowest BCUT2D eigenvalue weighted by Gasteiger charge is -2.23. The number of carboxylic acids is 1. The minimum atomic E-state index is -1.60. The first kappa shape index (κ1) is 19.0. The molecule has 136 valence electrons. The molecule has 0 saturated heterocycles. The lowest BCUT2D eigenvalue weighted by atomic mass is 9.93. The van der Waals surface area contributed by atoms with Crippen molar-refractivity contribution in [2.75, 3.05) is 6.61 Å². The van der Waals surface area contributed by atoms with Crippen LogP contribution in [0.4, 0.5) is 0 Å². The molecule has 1 heterocycles. The number of carbonyl (C=O) groups is 1. The third-order valence-electron chi connectivity index (χ3n) is 4.22. The molecule has 2 aromatic rings. The molecular formula is C16H20N2O7. The Morgan fingerprint density at radius 3 is 2.44 bits per heavy atom. The Balaban J connectivity index is 2.61. The molecule has 2 rings (SSSR count). The van der Waals surface area contributed by atoms with Crippen LogP contribution < -0.4 is 5.56 Å². The zero-order valence-corrected chi connectivity index (χ0v) is 13.7. The molecular weight excluding hydrogens is 332 g/mol. The first-order valence-electron chi connectivity index (χ1n) is 7.58. The summed E-state index contributed by atoms with van der Waals surface area (Å²) in [5, 5.41) is 47.4. The Bertz CT molecular complexity index is 862. The van der Waals surface area contributed by atoms with Crippen LogP contribution >= 0.6 is 0 Å². The van der Waals surface area contributed by atoms with E-state index in [1.165, 1.54) is 0 Å². The number of aromatic carboxylic acids is 1. The zero-order chi connectivity index (χ0) is 18.9. The van der Waals surface area contributed by atoms with Crippen molar-refractivity contribution in [2.45, 2.75) is 38.6 Å². The van der Waals surface area contributed by atoms with Gasteiger partial charge in [0.2, 0.25) is 5.69 Å². The number of H-pyrrole nitrogens is 1. The first-order valence-corrected chi connectivity index (χ1v) is 7.58. The van der Waals surface area contributed by atoms with E-state index in [-0.39, 0.29) is 11.9 Å². The molecule has 0 unspecified atom stereocenters. The normalized spacial score (nSPS) is 15.1. The summed E-state index contributed by atoms with van der Waals surface area (Å²) < 4.78 is 0. The van der Waals surface area contributed by atoms with Gasteiger partial charge in [0.15, 0.2) is 0 Å². The molecule has 9 heteroatoms. The van der Waals surface area contributed by atoms with Crippen LogP contribution in [0.5, 0.6) is 0 Å². The number of aliphatic hydroxyl groups excluding tert-OH is 4. The Hall–Kier alpha value is -2.33. The summed E-state index contributed by atoms with van der Waals surface area (Å²) in [5.74, 6) is -1.48. The van der Waals surface area contributed by atoms with Crippen LogP contribution in [0.25, 0.3) is 11.0 Å². The van der Waals surface area contributed by atoms with Crippen LogP contribution in [0.15, 0.2) is 10.9 Å². The highest BCUT2D eigenvalue weighted by molar-refractivity contribution is 5.89. The summed E-state index contributed by atoms with van der Waals surface area (Å²) in [5.41, 5.74) is 0.876. The summed E-state index contributed by atoms with van der Waals surface area (Å²) in [6.07, 6.45) is -4.69.